The third kappa shape index (κ3) is 16.2. The molecule has 0 spiro atoms. The molecule has 4 fully saturated rings. The van der Waals surface area contributed by atoms with Crippen molar-refractivity contribution in [2.75, 3.05) is 34.0 Å². The van der Waals surface area contributed by atoms with Gasteiger partial charge in [-0.3, -0.25) is 41.4 Å². The number of halogens is 1. The summed E-state index contributed by atoms with van der Waals surface area (Å²) in [7, 11) is 17.9. The van der Waals surface area contributed by atoms with Crippen LogP contribution in [0.5, 0.6) is 0 Å². The zero-order chi connectivity index (χ0) is 40.7. The Morgan fingerprint density at radius 2 is 0.897 bits per heavy atom. The molecule has 0 amide bonds. The van der Waals surface area contributed by atoms with Gasteiger partial charge in [0.15, 0.2) is 0 Å². The number of aliphatic hydroxyl groups is 1. The first-order valence-corrected chi connectivity index (χ1v) is 20.7. The van der Waals surface area contributed by atoms with Gasteiger partial charge in [0, 0.05) is 75.8 Å². The van der Waals surface area contributed by atoms with Crippen molar-refractivity contribution in [2.45, 2.75) is 135 Å². The predicted molar refractivity (Wildman–Crippen MR) is 220 cm³/mol. The first kappa shape index (κ1) is 61.0. The van der Waals surface area contributed by atoms with Gasteiger partial charge in [-0.2, -0.15) is 0 Å². The Bertz CT molecular complexity index is 1250. The summed E-state index contributed by atoms with van der Waals surface area (Å²) in [5.41, 5.74) is 0. The van der Waals surface area contributed by atoms with E-state index >= 15 is 0 Å². The summed E-state index contributed by atoms with van der Waals surface area (Å²) in [6.45, 7) is 10.9. The van der Waals surface area contributed by atoms with Crippen LogP contribution in [0, 0.1) is 23.7 Å². The molecule has 8 radical (unpaired) electrons. The molecule has 58 heavy (non-hydrogen) atoms. The van der Waals surface area contributed by atoms with E-state index in [2.05, 4.69) is 0 Å². The molecule has 0 bridgehead atoms. The number of phosphoric acid groups is 2. The van der Waals surface area contributed by atoms with Crippen molar-refractivity contribution >= 4 is 112 Å². The maximum atomic E-state index is 12.9. The van der Waals surface area contributed by atoms with Crippen LogP contribution >= 0.6 is 15.6 Å². The molecule has 0 aromatic carbocycles. The molecule has 4 heterocycles. The molecular formula is C32H61B4FO17P2Po2. The van der Waals surface area contributed by atoms with Crippen molar-refractivity contribution in [3.63, 3.8) is 0 Å². The number of hydrogen-bond donors (Lipinski definition) is 1. The van der Waals surface area contributed by atoms with E-state index in [-0.39, 0.29) is 115 Å². The number of phosphoric ester groups is 2. The van der Waals surface area contributed by atoms with Crippen molar-refractivity contribution in [3.05, 3.63) is 0 Å². The summed E-state index contributed by atoms with van der Waals surface area (Å²) in [6, 6.07) is -2.49. The quantitative estimate of drug-likeness (QED) is 0.128. The number of ether oxygens (including phenoxy) is 6. The van der Waals surface area contributed by atoms with Crippen LogP contribution in [0.4, 0.5) is 4.70 Å². The average Bonchev–Trinajstić information content (AvgIpc) is 3.75. The molecule has 1 N–H and O–H groups in total. The summed E-state index contributed by atoms with van der Waals surface area (Å²) in [5, 5.41) is 9.41. The Labute approximate surface area is 386 Å². The minimum absolute atomic E-state index is 0. The second-order valence-corrected chi connectivity index (χ2v) is 17.2. The first-order valence-electron chi connectivity index (χ1n) is 17.8. The number of rotatable bonds is 16. The van der Waals surface area contributed by atoms with Gasteiger partial charge in [-0.15, -0.1) is 0 Å². The summed E-state index contributed by atoms with van der Waals surface area (Å²) >= 11 is 0. The normalized spacial score (nSPS) is 38.5. The van der Waals surface area contributed by atoms with Gasteiger partial charge in [-0.1, -0.05) is 42.0 Å². The molecule has 18 atom stereocenters. The molecule has 17 nitrogen and oxygen atoms in total. The SMILES string of the molecule is C.F.[B][C@@H]1O[C@H](COP(=O)(OC)O[C@H]2C(C)[C@H]([B])O[C@@H]2CC)[C@@H](OC(C)=O)C1C.[B][C@@H]1O[C@H](COP(=O)(OC)O[C@H]2C(C)[C@H]([B])O[C@@H]2CO)[C@@H](OC(C)=O)C1C.[PoH2].[PoH2]. The average molecular weight is 1260 g/mol. The van der Waals surface area contributed by atoms with Crippen molar-refractivity contribution in [1.82, 2.24) is 0 Å². The Kier molecular flexibility index (Phi) is 28.7. The molecule has 4 saturated heterocycles. The van der Waals surface area contributed by atoms with Crippen molar-refractivity contribution < 1.29 is 84.1 Å². The van der Waals surface area contributed by atoms with E-state index in [1.165, 1.54) is 28.1 Å². The van der Waals surface area contributed by atoms with Crippen LogP contribution in [0.3, 0.4) is 0 Å². The van der Waals surface area contributed by atoms with E-state index in [0.29, 0.717) is 6.42 Å². The van der Waals surface area contributed by atoms with Crippen LogP contribution in [-0.4, -0.2) is 208 Å². The van der Waals surface area contributed by atoms with Crippen LogP contribution in [0.25, 0.3) is 0 Å². The summed E-state index contributed by atoms with van der Waals surface area (Å²) in [5.74, 6) is -2.00. The summed E-state index contributed by atoms with van der Waals surface area (Å²) in [6.07, 6.45) is -4.45. The monoisotopic (exact) mass is 1260 g/mol. The van der Waals surface area contributed by atoms with Gasteiger partial charge in [0.25, 0.3) is 0 Å². The molecule has 0 aliphatic carbocycles. The van der Waals surface area contributed by atoms with Crippen LogP contribution in [0.2, 0.25) is 0 Å². The minimum atomic E-state index is -4.02. The number of aliphatic hydroxyl groups excluding tert-OH is 1. The van der Waals surface area contributed by atoms with Gasteiger partial charge < -0.3 is 33.5 Å². The van der Waals surface area contributed by atoms with E-state index in [1.54, 1.807) is 20.8 Å². The Morgan fingerprint density at radius 1 is 0.603 bits per heavy atom. The van der Waals surface area contributed by atoms with Crippen molar-refractivity contribution in [1.29, 1.82) is 0 Å². The predicted octanol–water partition coefficient (Wildman–Crippen LogP) is 0.625. The van der Waals surface area contributed by atoms with Crippen LogP contribution in [0.15, 0.2) is 0 Å². The third-order valence-electron chi connectivity index (χ3n) is 9.87. The van der Waals surface area contributed by atoms with Gasteiger partial charge in [0.1, 0.15) is 68.0 Å². The van der Waals surface area contributed by atoms with Crippen LogP contribution < -0.4 is 0 Å². The van der Waals surface area contributed by atoms with Gasteiger partial charge in [0.2, 0.25) is 0 Å². The molecule has 26 heteroatoms. The van der Waals surface area contributed by atoms with Gasteiger partial charge in [-0.25, -0.2) is 9.13 Å². The van der Waals surface area contributed by atoms with E-state index in [0.717, 1.165) is 0 Å². The third-order valence-corrected chi connectivity index (χ3v) is 12.7. The van der Waals surface area contributed by atoms with Crippen molar-refractivity contribution in [2.24, 2.45) is 23.7 Å². The second-order valence-electron chi connectivity index (χ2n) is 13.7. The Morgan fingerprint density at radius 3 is 1.19 bits per heavy atom. The van der Waals surface area contributed by atoms with E-state index in [4.69, 9.17) is 86.9 Å². The van der Waals surface area contributed by atoms with Crippen LogP contribution in [0.1, 0.15) is 62.3 Å². The molecule has 4 aliphatic rings. The summed E-state index contributed by atoms with van der Waals surface area (Å²) < 4.78 is 90.4. The molecule has 4 rings (SSSR count). The van der Waals surface area contributed by atoms with E-state index < -0.39 is 94.3 Å². The first-order chi connectivity index (χ1) is 25.2. The fraction of sp³-hybridized carbons (Fsp3) is 0.938. The van der Waals surface area contributed by atoms with Gasteiger partial charge in [-0.05, 0) is 6.42 Å². The number of esters is 2. The number of carbonyl (C=O) groups excluding carboxylic acids is 2. The topological polar surface area (TPSA) is 199 Å². The fourth-order valence-corrected chi connectivity index (χ4v) is 8.83. The van der Waals surface area contributed by atoms with Gasteiger partial charge in [0.05, 0.1) is 32.0 Å². The molecule has 0 aromatic rings. The molecule has 0 saturated carbocycles. The Balaban J connectivity index is 0. The summed E-state index contributed by atoms with van der Waals surface area (Å²) in [4.78, 5) is 22.6. The number of hydrogen-bond acceptors (Lipinski definition) is 17. The fourth-order valence-electron chi connectivity index (χ4n) is 6.42. The molecule has 6 unspecified atom stereocenters. The molecule has 4 aliphatic heterocycles. The standard InChI is InChI=1S/C16H27B2O8P.C15H25B2O9P.CH4.FH.2Po.4H/c1-6-11-14(9(3)16(18)24-11)26-27(20,21-5)22-7-12-13(23-10(4)19)8(2)15(17)25-12;1-7-12(23-9(3)19)11(25-14(7)16)6-22-27(20,21-4)26-13-8(2)15(17)24-10(13)5-18;;;;;;;;/h8-9,11-16H,6-7H2,1-5H3;7-8,10-15,18H,5-6H2,1-4H3;1H4;1H;;;;;;/t8?,9?,11-,12-,13+,14+,15-,16-,27?;7?,8?,10-,11-,12+,13+,14-,15-,27?;;;;;;;;/m11......../s1. The second kappa shape index (κ2) is 27.3. The molecular weight excluding hydrogens is 1200 g/mol. The van der Waals surface area contributed by atoms with Crippen molar-refractivity contribution in [3.8, 4) is 0 Å². The number of carbonyl (C=O) groups is 2. The zero-order valence-corrected chi connectivity index (χ0v) is 43.2. The zero-order valence-electron chi connectivity index (χ0n) is 33.7. The van der Waals surface area contributed by atoms with Crippen LogP contribution in [-0.2, 0) is 74.3 Å². The van der Waals surface area contributed by atoms with Gasteiger partial charge >= 0.3 is 80.7 Å². The maximum absolute atomic E-state index is 12.9. The molecule has 332 valence electrons. The van der Waals surface area contributed by atoms with E-state index in [9.17, 15) is 23.8 Å². The molecule has 0 aromatic heterocycles. The van der Waals surface area contributed by atoms with E-state index in [1.807, 2.05) is 13.8 Å². The Hall–Kier alpha value is 0.942.